The van der Waals surface area contributed by atoms with Gasteiger partial charge >= 0.3 is 37.7 Å². The van der Waals surface area contributed by atoms with E-state index in [1.54, 1.807) is 19.1 Å². The molecule has 1 atom stereocenters. The van der Waals surface area contributed by atoms with Crippen molar-refractivity contribution >= 4 is 126 Å². The van der Waals surface area contributed by atoms with Crippen LogP contribution in [0, 0.1) is 7.43 Å². The van der Waals surface area contributed by atoms with Gasteiger partial charge in [-0.1, -0.05) is 84.9 Å². The van der Waals surface area contributed by atoms with E-state index in [2.05, 4.69) is 153 Å². The van der Waals surface area contributed by atoms with E-state index in [9.17, 15) is 14.7 Å². The smallest absolute Gasteiger partial charge is 0.786 e. The summed E-state index contributed by atoms with van der Waals surface area (Å²) < 4.78 is 8.76. The maximum atomic E-state index is 10.2. The van der Waals surface area contributed by atoms with Crippen LogP contribution in [-0.4, -0.2) is 67.5 Å². The molecule has 7 aromatic carbocycles. The monoisotopic (exact) mass is 794 g/mol. The van der Waals surface area contributed by atoms with E-state index in [4.69, 9.17) is 0 Å². The van der Waals surface area contributed by atoms with Crippen molar-refractivity contribution < 1.29 is 23.7 Å². The molecular formula is C45H44CaN2O5P2. The molecule has 0 heterocycles. The minimum atomic E-state index is -3.36. The molecular weight excluding hydrogens is 751 g/mol. The molecule has 0 aliphatic heterocycles. The molecule has 7 aromatic rings. The number of hydrogen-bond acceptors (Lipinski definition) is 7. The van der Waals surface area contributed by atoms with Crippen molar-refractivity contribution in [2.45, 2.75) is 19.8 Å². The Morgan fingerprint density at radius 3 is 1.62 bits per heavy atom. The molecule has 10 heteroatoms. The van der Waals surface area contributed by atoms with Crippen LogP contribution < -0.4 is 20.0 Å². The molecule has 276 valence electrons. The summed E-state index contributed by atoms with van der Waals surface area (Å²) >= 11 is 0. The predicted molar refractivity (Wildman–Crippen MR) is 236 cm³/mol. The molecule has 0 aromatic heterocycles. The standard InChI is InChI=1S/C41H33N2O2P.C3H8O3P.CH3.Ca/c1-46(44,45)35-23-21-34(22-24-35)43(33-15-9-4-10-16-33)39-28-20-30-17-25-36-38(27-19-29-18-26-37(39)41(30)40(29)36)42(31-11-5-2-6-12-31)32-13-7-3-8-14-32;1-3-6-7(4)5-2;;/h2-3,5-9,11-28,44-45H,1,4,10H2;3H2,1-2H3;1H3;/q;2*-1;+2. The van der Waals surface area contributed by atoms with Crippen molar-refractivity contribution in [2.24, 2.45) is 0 Å². The van der Waals surface area contributed by atoms with Crippen molar-refractivity contribution in [1.82, 2.24) is 0 Å². The molecule has 8 rings (SSSR count). The summed E-state index contributed by atoms with van der Waals surface area (Å²) in [6, 6.07) is 46.4. The number of rotatable bonds is 10. The summed E-state index contributed by atoms with van der Waals surface area (Å²) in [5, 5.41) is 7.65. The van der Waals surface area contributed by atoms with Gasteiger partial charge in [0.05, 0.1) is 20.0 Å². The second kappa shape index (κ2) is 19.1. The number of nitrogens with zero attached hydrogens (tertiary/aromatic N) is 2. The van der Waals surface area contributed by atoms with Crippen LogP contribution in [0.5, 0.6) is 0 Å². The predicted octanol–water partition coefficient (Wildman–Crippen LogP) is 10.6. The Hall–Kier alpha value is -3.55. The van der Waals surface area contributed by atoms with Crippen LogP contribution in [0.25, 0.3) is 32.3 Å². The molecule has 1 unspecified atom stereocenters. The van der Waals surface area contributed by atoms with E-state index < -0.39 is 15.9 Å². The topological polar surface area (TPSA) is 88.5 Å². The first-order valence-corrected chi connectivity index (χ1v) is 20.5. The molecule has 0 bridgehead atoms. The van der Waals surface area contributed by atoms with Gasteiger partial charge < -0.3 is 41.0 Å². The molecule has 7 nitrogen and oxygen atoms in total. The van der Waals surface area contributed by atoms with Gasteiger partial charge in [0.15, 0.2) is 0 Å². The average molecular weight is 795 g/mol. The van der Waals surface area contributed by atoms with E-state index in [1.165, 1.54) is 34.0 Å². The Morgan fingerprint density at radius 1 is 0.691 bits per heavy atom. The van der Waals surface area contributed by atoms with E-state index in [1.807, 2.05) is 12.1 Å². The normalized spacial score (nSPS) is 13.0. The maximum Gasteiger partial charge on any atom is 2.00 e. The fraction of sp³-hybridized carbons (Fsp3) is 0.111. The van der Waals surface area contributed by atoms with Gasteiger partial charge in [-0.05, 0) is 114 Å². The van der Waals surface area contributed by atoms with Gasteiger partial charge in [-0.15, -0.1) is 0 Å². The Kier molecular flexibility index (Phi) is 14.8. The molecule has 2 N–H and O–H groups in total. The number of hydrogen-bond donors (Lipinski definition) is 2. The van der Waals surface area contributed by atoms with Crippen LogP contribution in [-0.2, 0) is 9.05 Å². The third-order valence-corrected chi connectivity index (χ3v) is 11.2. The maximum absolute atomic E-state index is 10.2. The van der Waals surface area contributed by atoms with Crippen molar-refractivity contribution in [1.29, 1.82) is 0 Å². The van der Waals surface area contributed by atoms with Crippen molar-refractivity contribution in [3.05, 3.63) is 165 Å². The van der Waals surface area contributed by atoms with Crippen LogP contribution in [0.3, 0.4) is 0 Å². The molecule has 1 aliphatic rings. The summed E-state index contributed by atoms with van der Waals surface area (Å²) in [5.41, 5.74) is 6.46. The fourth-order valence-electron chi connectivity index (χ4n) is 6.93. The zero-order valence-corrected chi connectivity index (χ0v) is 35.4. The van der Waals surface area contributed by atoms with E-state index >= 15 is 0 Å². The average Bonchev–Trinajstić information content (AvgIpc) is 3.19. The Balaban J connectivity index is 0.000000591. The Labute approximate surface area is 355 Å². The summed E-state index contributed by atoms with van der Waals surface area (Å²) in [4.78, 5) is 35.1. The van der Waals surface area contributed by atoms with Crippen LogP contribution in [0.4, 0.5) is 28.4 Å². The van der Waals surface area contributed by atoms with Crippen LogP contribution in [0.2, 0.25) is 0 Å². The van der Waals surface area contributed by atoms with Gasteiger partial charge in [0, 0.05) is 52.6 Å². The van der Waals surface area contributed by atoms with E-state index in [-0.39, 0.29) is 45.2 Å². The van der Waals surface area contributed by atoms with Gasteiger partial charge in [0.2, 0.25) is 0 Å². The second-order valence-corrected chi connectivity index (χ2v) is 15.7. The van der Waals surface area contributed by atoms with Gasteiger partial charge in [0.25, 0.3) is 0 Å². The SMILES string of the molecule is C=P(O)(O)c1ccc(N(C2=CCCC=C2)c2ccc3ccc4c(N(c5ccccc5)c5ccccc5)ccc5ccc2c3c54)cc1.CCOP([O-])OC.[CH3-].[Ca+2]. The fourth-order valence-corrected chi connectivity index (χ4v) is 7.88. The molecule has 0 spiro atoms. The minimum absolute atomic E-state index is 0. The zero-order chi connectivity index (χ0) is 37.0. The van der Waals surface area contributed by atoms with Crippen molar-refractivity contribution in [3.63, 3.8) is 0 Å². The number of benzene rings is 7. The van der Waals surface area contributed by atoms with E-state index in [0.717, 1.165) is 52.4 Å². The minimum Gasteiger partial charge on any atom is -0.786 e. The van der Waals surface area contributed by atoms with Crippen LogP contribution in [0.15, 0.2) is 157 Å². The molecule has 55 heavy (non-hydrogen) atoms. The molecule has 1 aliphatic carbocycles. The first kappa shape index (κ1) is 42.6. The Bertz CT molecular complexity index is 2400. The first-order valence-electron chi connectivity index (χ1n) is 17.5. The molecule has 0 amide bonds. The van der Waals surface area contributed by atoms with Crippen molar-refractivity contribution in [2.75, 3.05) is 23.5 Å². The quantitative estimate of drug-likeness (QED) is 0.0617. The van der Waals surface area contributed by atoms with Crippen LogP contribution in [0.1, 0.15) is 19.8 Å². The molecule has 0 fully saturated rings. The van der Waals surface area contributed by atoms with Crippen molar-refractivity contribution in [3.8, 4) is 0 Å². The first-order chi connectivity index (χ1) is 25.8. The van der Waals surface area contributed by atoms with Gasteiger partial charge in [-0.3, -0.25) is 0 Å². The third kappa shape index (κ3) is 9.20. The number of allylic oxidation sites excluding steroid dienone is 3. The largest absolute Gasteiger partial charge is 2.00 e. The van der Waals surface area contributed by atoms with Crippen LogP contribution >= 0.6 is 15.9 Å². The zero-order valence-electron chi connectivity index (χ0n) is 31.4. The van der Waals surface area contributed by atoms with E-state index in [0.29, 0.717) is 11.9 Å². The summed E-state index contributed by atoms with van der Waals surface area (Å²) in [6.45, 7) is 2.19. The number of anilines is 5. The van der Waals surface area contributed by atoms with Gasteiger partial charge in [-0.25, -0.2) is 0 Å². The molecule has 0 saturated carbocycles. The number of para-hydroxylation sites is 2. The summed E-state index contributed by atoms with van der Waals surface area (Å²) in [7, 11) is -3.85. The van der Waals surface area contributed by atoms with Gasteiger partial charge in [0.1, 0.15) is 7.34 Å². The second-order valence-electron chi connectivity index (χ2n) is 12.6. The summed E-state index contributed by atoms with van der Waals surface area (Å²) in [5.74, 6) is 0. The molecule has 0 radical (unpaired) electrons. The Morgan fingerprint density at radius 2 is 1.18 bits per heavy atom. The molecule has 0 saturated heterocycles. The van der Waals surface area contributed by atoms with Gasteiger partial charge in [-0.2, -0.15) is 0 Å². The summed E-state index contributed by atoms with van der Waals surface area (Å²) in [6.07, 6.45) is 12.2. The third-order valence-electron chi connectivity index (χ3n) is 9.27.